The van der Waals surface area contributed by atoms with E-state index in [1.807, 2.05) is 11.3 Å². The van der Waals surface area contributed by atoms with Gasteiger partial charge in [-0.3, -0.25) is 0 Å². The summed E-state index contributed by atoms with van der Waals surface area (Å²) in [6.45, 7) is 6.50. The molecule has 0 amide bonds. The molecule has 2 nitrogen and oxygen atoms in total. The maximum absolute atomic E-state index is 2.57. The molecule has 0 radical (unpaired) electrons. The number of benzene rings is 3. The average molecular weight is 472 g/mol. The highest BCUT2D eigenvalue weighted by atomic mass is 32.1. The highest BCUT2D eigenvalue weighted by Crippen LogP contribution is 2.46. The molecule has 1 aromatic heterocycles. The van der Waals surface area contributed by atoms with Crippen LogP contribution < -0.4 is 4.57 Å². The summed E-state index contributed by atoms with van der Waals surface area (Å²) in [7, 11) is 0. The second-order valence-corrected chi connectivity index (χ2v) is 10.5. The molecule has 0 atom stereocenters. The number of fused-ring (bicyclic) bond motifs is 8. The van der Waals surface area contributed by atoms with Crippen molar-refractivity contribution in [3.63, 3.8) is 0 Å². The molecule has 0 bridgehead atoms. The molecular formula is C32H27N2S+. The number of rotatable bonds is 3. The number of thiazole rings is 1. The van der Waals surface area contributed by atoms with Crippen LogP contribution >= 0.6 is 11.3 Å². The van der Waals surface area contributed by atoms with Crippen LogP contribution in [0.2, 0.25) is 0 Å². The van der Waals surface area contributed by atoms with E-state index >= 15 is 0 Å². The van der Waals surface area contributed by atoms with E-state index in [0.717, 1.165) is 19.5 Å². The van der Waals surface area contributed by atoms with Crippen molar-refractivity contribution in [2.45, 2.75) is 33.4 Å². The molecule has 0 spiro atoms. The van der Waals surface area contributed by atoms with E-state index in [0.29, 0.717) is 0 Å². The first-order chi connectivity index (χ1) is 17.2. The van der Waals surface area contributed by atoms with Crippen molar-refractivity contribution in [3.05, 3.63) is 101 Å². The Labute approximate surface area is 209 Å². The van der Waals surface area contributed by atoms with E-state index in [9.17, 15) is 0 Å². The van der Waals surface area contributed by atoms with Crippen LogP contribution in [0.25, 0.3) is 55.7 Å². The zero-order valence-electron chi connectivity index (χ0n) is 20.1. The predicted molar refractivity (Wildman–Crippen MR) is 149 cm³/mol. The largest absolute Gasteiger partial charge is 0.340 e. The van der Waals surface area contributed by atoms with Crippen LogP contribution in [0, 0.1) is 6.92 Å². The Morgan fingerprint density at radius 2 is 1.69 bits per heavy atom. The first-order valence-corrected chi connectivity index (χ1v) is 13.3. The molecule has 2 aliphatic heterocycles. The Bertz CT molecular complexity index is 1750. The Morgan fingerprint density at radius 3 is 2.57 bits per heavy atom. The summed E-state index contributed by atoms with van der Waals surface area (Å²) in [6, 6.07) is 29.0. The molecule has 35 heavy (non-hydrogen) atoms. The zero-order valence-corrected chi connectivity index (χ0v) is 20.9. The lowest BCUT2D eigenvalue weighted by atomic mass is 9.93. The van der Waals surface area contributed by atoms with E-state index in [4.69, 9.17) is 0 Å². The van der Waals surface area contributed by atoms with Gasteiger partial charge in [0.25, 0.3) is 5.01 Å². The summed E-state index contributed by atoms with van der Waals surface area (Å²) in [4.78, 5) is 0. The van der Waals surface area contributed by atoms with Crippen LogP contribution in [0.5, 0.6) is 0 Å². The van der Waals surface area contributed by atoms with Gasteiger partial charge in [-0.2, -0.15) is 4.57 Å². The van der Waals surface area contributed by atoms with Crippen molar-refractivity contribution in [1.29, 1.82) is 0 Å². The van der Waals surface area contributed by atoms with E-state index in [-0.39, 0.29) is 0 Å². The third kappa shape index (κ3) is 3.05. The fraction of sp³-hybridized carbons (Fsp3) is 0.156. The quantitative estimate of drug-likeness (QED) is 0.231. The molecule has 0 fully saturated rings. The van der Waals surface area contributed by atoms with E-state index in [1.165, 1.54) is 65.2 Å². The van der Waals surface area contributed by atoms with Crippen LogP contribution in [0.1, 0.15) is 28.6 Å². The molecule has 1 aliphatic carbocycles. The van der Waals surface area contributed by atoms with Gasteiger partial charge in [-0.15, -0.1) is 0 Å². The molecule has 0 N–H and O–H groups in total. The van der Waals surface area contributed by atoms with Gasteiger partial charge in [0.15, 0.2) is 0 Å². The van der Waals surface area contributed by atoms with Crippen LogP contribution in [0.3, 0.4) is 0 Å². The van der Waals surface area contributed by atoms with Crippen molar-refractivity contribution in [3.8, 4) is 22.5 Å². The first kappa shape index (κ1) is 20.7. The summed E-state index contributed by atoms with van der Waals surface area (Å²) in [5.74, 6) is 0. The minimum Gasteiger partial charge on any atom is -0.340 e. The van der Waals surface area contributed by atoms with Gasteiger partial charge in [0, 0.05) is 40.9 Å². The lowest BCUT2D eigenvalue weighted by Gasteiger charge is -2.27. The molecule has 170 valence electrons. The van der Waals surface area contributed by atoms with Gasteiger partial charge >= 0.3 is 0 Å². The van der Waals surface area contributed by atoms with Gasteiger partial charge in [0.2, 0.25) is 5.52 Å². The molecule has 0 unspecified atom stereocenters. The normalized spacial score (nSPS) is 13.2. The highest BCUT2D eigenvalue weighted by Gasteiger charge is 2.26. The lowest BCUT2D eigenvalue weighted by Crippen LogP contribution is -2.33. The summed E-state index contributed by atoms with van der Waals surface area (Å²) < 4.78 is 6.32. The molecule has 7 rings (SSSR count). The minimum absolute atomic E-state index is 0.966. The van der Waals surface area contributed by atoms with Crippen LogP contribution in [0.15, 0.2) is 78.9 Å². The lowest BCUT2D eigenvalue weighted by molar-refractivity contribution is -0.665. The number of nitrogens with zero attached hydrogens (tertiary/aromatic N) is 2. The number of pyridine rings is 1. The second-order valence-electron chi connectivity index (χ2n) is 9.44. The third-order valence-electron chi connectivity index (χ3n) is 7.53. The van der Waals surface area contributed by atoms with Crippen molar-refractivity contribution < 1.29 is 4.57 Å². The van der Waals surface area contributed by atoms with Gasteiger partial charge < -0.3 is 4.57 Å². The van der Waals surface area contributed by atoms with Crippen LogP contribution in [-0.2, 0) is 19.5 Å². The Hall–Kier alpha value is -3.69. The van der Waals surface area contributed by atoms with Gasteiger partial charge in [0.1, 0.15) is 11.2 Å². The summed E-state index contributed by atoms with van der Waals surface area (Å²) in [5.41, 5.74) is 10.9. The Kier molecular flexibility index (Phi) is 4.68. The topological polar surface area (TPSA) is 8.81 Å². The van der Waals surface area contributed by atoms with Crippen molar-refractivity contribution >= 4 is 44.5 Å². The Balaban J connectivity index is 1.48. The Morgan fingerprint density at radius 1 is 0.914 bits per heavy atom. The number of aryl methyl sites for hydroxylation is 3. The third-order valence-corrected chi connectivity index (χ3v) is 8.66. The van der Waals surface area contributed by atoms with Gasteiger partial charge in [0.05, 0.1) is 5.69 Å². The van der Waals surface area contributed by atoms with E-state index < -0.39 is 0 Å². The number of hydrogen-bond donors (Lipinski definition) is 0. The number of aromatic nitrogens is 2. The maximum Gasteiger partial charge on any atom is 0.262 e. The highest BCUT2D eigenvalue weighted by molar-refractivity contribution is 7.18. The average Bonchev–Trinajstić information content (AvgIpc) is 3.43. The molecule has 3 heterocycles. The summed E-state index contributed by atoms with van der Waals surface area (Å²) in [5, 5.41) is 3.99. The minimum atomic E-state index is 0.966. The van der Waals surface area contributed by atoms with Gasteiger partial charge in [-0.1, -0.05) is 72.0 Å². The molecule has 3 aliphatic rings. The molecule has 4 aromatic rings. The van der Waals surface area contributed by atoms with Gasteiger partial charge in [-0.05, 0) is 60.6 Å². The molecular weight excluding hydrogens is 444 g/mol. The maximum atomic E-state index is 2.57. The summed E-state index contributed by atoms with van der Waals surface area (Å²) >= 11 is 1.87. The van der Waals surface area contributed by atoms with E-state index in [1.54, 1.807) is 0 Å². The first-order valence-electron chi connectivity index (χ1n) is 12.5. The van der Waals surface area contributed by atoms with Crippen molar-refractivity contribution in [2.75, 3.05) is 0 Å². The number of para-hydroxylation sites is 1. The molecule has 0 saturated heterocycles. The second kappa shape index (κ2) is 7.93. The monoisotopic (exact) mass is 471 g/mol. The molecule has 3 aromatic carbocycles. The van der Waals surface area contributed by atoms with Crippen LogP contribution in [0.4, 0.5) is 0 Å². The smallest absolute Gasteiger partial charge is 0.262 e. The SMILES string of the molecule is CC[n+]1c(C=Cc2c3c(C)cc4n(c-3c3ccccc23)CCc2ccccc2-4)sc2ccccc21. The fourth-order valence-electron chi connectivity index (χ4n) is 5.98. The summed E-state index contributed by atoms with van der Waals surface area (Å²) in [6.07, 6.45) is 5.77. The number of hydrogen-bond acceptors (Lipinski definition) is 1. The predicted octanol–water partition coefficient (Wildman–Crippen LogP) is 7.97. The van der Waals surface area contributed by atoms with Crippen LogP contribution in [-0.4, -0.2) is 4.57 Å². The molecule has 0 saturated carbocycles. The fourth-order valence-corrected chi connectivity index (χ4v) is 7.11. The van der Waals surface area contributed by atoms with Crippen molar-refractivity contribution in [2.24, 2.45) is 0 Å². The molecule has 3 heteroatoms. The standard InChI is InChI=1S/C32H27N2S/c1-3-33-27-14-8-9-15-29(27)35-30(33)17-16-25-24-12-6-7-13-26(24)32-31(25)21(2)20-28-23-11-5-4-10-22(23)18-19-34(28)32/h4-17,20H,3,18-19H2,1-2H3/q+1. The van der Waals surface area contributed by atoms with Gasteiger partial charge in [-0.25, -0.2) is 0 Å². The van der Waals surface area contributed by atoms with Crippen molar-refractivity contribution in [1.82, 2.24) is 4.57 Å². The van der Waals surface area contributed by atoms with E-state index in [2.05, 4.69) is 114 Å². The zero-order chi connectivity index (χ0) is 23.5.